The molecule has 0 unspecified atom stereocenters. The van der Waals surface area contributed by atoms with E-state index in [2.05, 4.69) is 15.1 Å². The molecule has 0 fully saturated rings. The zero-order valence-corrected chi connectivity index (χ0v) is 15.0. The van der Waals surface area contributed by atoms with E-state index in [1.54, 1.807) is 30.2 Å². The van der Waals surface area contributed by atoms with E-state index in [9.17, 15) is 9.59 Å². The number of rotatable bonds is 3. The summed E-state index contributed by atoms with van der Waals surface area (Å²) in [4.78, 5) is 36.0. The van der Waals surface area contributed by atoms with Crippen LogP contribution in [0.25, 0.3) is 22.3 Å². The number of hydrogen-bond acceptors (Lipinski definition) is 5. The second-order valence-electron chi connectivity index (χ2n) is 6.64. The predicted octanol–water partition coefficient (Wildman–Crippen LogP) is 2.83. The van der Waals surface area contributed by atoms with Crippen molar-refractivity contribution in [2.24, 2.45) is 7.05 Å². The summed E-state index contributed by atoms with van der Waals surface area (Å²) < 4.78 is 1.62. The smallest absolute Gasteiger partial charge is 0.263 e. The number of imide groups is 1. The quantitative estimate of drug-likeness (QED) is 0.519. The van der Waals surface area contributed by atoms with Gasteiger partial charge in [0.1, 0.15) is 5.69 Å². The predicted molar refractivity (Wildman–Crippen MR) is 102 cm³/mol. The van der Waals surface area contributed by atoms with Gasteiger partial charge in [-0.2, -0.15) is 5.10 Å². The van der Waals surface area contributed by atoms with Gasteiger partial charge in [0.15, 0.2) is 5.65 Å². The van der Waals surface area contributed by atoms with Gasteiger partial charge >= 0.3 is 0 Å². The minimum Gasteiger partial charge on any atom is -0.270 e. The zero-order valence-electron chi connectivity index (χ0n) is 15.0. The van der Waals surface area contributed by atoms with E-state index in [4.69, 9.17) is 0 Å². The molecule has 0 atom stereocenters. The van der Waals surface area contributed by atoms with Crippen LogP contribution in [0.2, 0.25) is 0 Å². The molecule has 1 aromatic carbocycles. The minimum atomic E-state index is -0.334. The Morgan fingerprint density at radius 1 is 0.964 bits per heavy atom. The molecule has 0 N–H and O–H groups in total. The number of pyridine rings is 2. The Bertz CT molecular complexity index is 1230. The first-order valence-corrected chi connectivity index (χ1v) is 8.81. The van der Waals surface area contributed by atoms with Crippen LogP contribution in [0.5, 0.6) is 0 Å². The third kappa shape index (κ3) is 2.33. The van der Waals surface area contributed by atoms with Crippen LogP contribution in [0, 0.1) is 0 Å². The molecule has 2 amide bonds. The fourth-order valence-corrected chi connectivity index (χ4v) is 3.59. The molecular weight excluding hydrogens is 354 g/mol. The summed E-state index contributed by atoms with van der Waals surface area (Å²) in [5, 5.41) is 5.12. The Morgan fingerprint density at radius 2 is 1.79 bits per heavy atom. The summed E-state index contributed by atoms with van der Waals surface area (Å²) in [6, 6.07) is 13.1. The van der Waals surface area contributed by atoms with Crippen molar-refractivity contribution in [2.75, 3.05) is 0 Å². The Labute approximate surface area is 160 Å². The molecule has 7 heteroatoms. The van der Waals surface area contributed by atoms with Crippen LogP contribution in [-0.4, -0.2) is 36.5 Å². The maximum Gasteiger partial charge on any atom is 0.263 e. The number of aryl methyl sites for hydroxylation is 1. The van der Waals surface area contributed by atoms with Crippen molar-refractivity contribution >= 4 is 22.8 Å². The molecule has 136 valence electrons. The van der Waals surface area contributed by atoms with Gasteiger partial charge in [0.25, 0.3) is 11.8 Å². The van der Waals surface area contributed by atoms with Crippen molar-refractivity contribution in [3.8, 4) is 11.3 Å². The standard InChI is InChI=1S/C21H15N5O2/c1-25-19-17(18(24-25)14-8-5-9-22-10-14)16-15(11-23-19)20(27)26(21(16)28)12-13-6-3-2-4-7-13/h2-11H,12H2,1H3. The molecule has 0 saturated carbocycles. The van der Waals surface area contributed by atoms with Crippen LogP contribution in [0.4, 0.5) is 0 Å². The fraction of sp³-hybridized carbons (Fsp3) is 0.0952. The molecule has 0 bridgehead atoms. The van der Waals surface area contributed by atoms with Gasteiger partial charge in [-0.3, -0.25) is 19.5 Å². The lowest BCUT2D eigenvalue weighted by molar-refractivity contribution is 0.0643. The van der Waals surface area contributed by atoms with Crippen molar-refractivity contribution in [1.29, 1.82) is 0 Å². The van der Waals surface area contributed by atoms with Gasteiger partial charge in [-0.15, -0.1) is 0 Å². The average molecular weight is 369 g/mol. The van der Waals surface area contributed by atoms with Crippen molar-refractivity contribution in [3.05, 3.63) is 77.7 Å². The number of amides is 2. The lowest BCUT2D eigenvalue weighted by atomic mass is 10.0. The minimum absolute atomic E-state index is 0.219. The first-order chi connectivity index (χ1) is 13.6. The fourth-order valence-electron chi connectivity index (χ4n) is 3.59. The highest BCUT2D eigenvalue weighted by atomic mass is 16.2. The van der Waals surface area contributed by atoms with Gasteiger partial charge in [-0.25, -0.2) is 9.67 Å². The van der Waals surface area contributed by atoms with E-state index in [1.165, 1.54) is 11.1 Å². The van der Waals surface area contributed by atoms with E-state index >= 15 is 0 Å². The topological polar surface area (TPSA) is 81.0 Å². The largest absolute Gasteiger partial charge is 0.270 e. The molecule has 7 nitrogen and oxygen atoms in total. The third-order valence-corrected chi connectivity index (χ3v) is 4.91. The monoisotopic (exact) mass is 369 g/mol. The van der Waals surface area contributed by atoms with E-state index < -0.39 is 0 Å². The van der Waals surface area contributed by atoms with Crippen LogP contribution in [0.1, 0.15) is 26.3 Å². The Morgan fingerprint density at radius 3 is 2.54 bits per heavy atom. The summed E-state index contributed by atoms with van der Waals surface area (Å²) in [7, 11) is 1.77. The molecule has 28 heavy (non-hydrogen) atoms. The van der Waals surface area contributed by atoms with Crippen molar-refractivity contribution in [1.82, 2.24) is 24.6 Å². The molecule has 5 rings (SSSR count). The summed E-state index contributed by atoms with van der Waals surface area (Å²) in [6.07, 6.45) is 4.83. The van der Waals surface area contributed by atoms with Gasteiger partial charge in [0, 0.05) is 31.2 Å². The molecule has 3 aromatic heterocycles. The van der Waals surface area contributed by atoms with Crippen LogP contribution < -0.4 is 0 Å². The number of nitrogens with zero attached hydrogens (tertiary/aromatic N) is 5. The van der Waals surface area contributed by atoms with Crippen LogP contribution in [0.15, 0.2) is 61.1 Å². The molecular formula is C21H15N5O2. The van der Waals surface area contributed by atoms with E-state index in [0.717, 1.165) is 11.1 Å². The SMILES string of the molecule is Cn1nc(-c2cccnc2)c2c3c(cnc21)C(=O)N(Cc1ccccc1)C3=O. The summed E-state index contributed by atoms with van der Waals surface area (Å²) in [6.45, 7) is 0.219. The second-order valence-corrected chi connectivity index (χ2v) is 6.64. The Hall–Kier alpha value is -3.87. The van der Waals surface area contributed by atoms with Crippen molar-refractivity contribution in [3.63, 3.8) is 0 Å². The third-order valence-electron chi connectivity index (χ3n) is 4.91. The lowest BCUT2D eigenvalue weighted by Gasteiger charge is -2.13. The molecule has 0 spiro atoms. The zero-order chi connectivity index (χ0) is 19.3. The van der Waals surface area contributed by atoms with Gasteiger partial charge in [0.2, 0.25) is 0 Å². The molecule has 0 radical (unpaired) electrons. The highest BCUT2D eigenvalue weighted by Crippen LogP contribution is 2.35. The number of aromatic nitrogens is 4. The van der Waals surface area contributed by atoms with E-state index in [-0.39, 0.29) is 18.4 Å². The van der Waals surface area contributed by atoms with Gasteiger partial charge < -0.3 is 0 Å². The molecule has 1 aliphatic heterocycles. The summed E-state index contributed by atoms with van der Waals surface area (Å²) in [5.41, 5.74) is 3.48. The maximum absolute atomic E-state index is 13.2. The van der Waals surface area contributed by atoms with Crippen LogP contribution in [-0.2, 0) is 13.6 Å². The highest BCUT2D eigenvalue weighted by molar-refractivity contribution is 6.27. The molecule has 4 aromatic rings. The van der Waals surface area contributed by atoms with Crippen molar-refractivity contribution < 1.29 is 9.59 Å². The Kier molecular flexibility index (Phi) is 3.55. The number of carbonyl (C=O) groups excluding carboxylic acids is 2. The lowest BCUT2D eigenvalue weighted by Crippen LogP contribution is -2.29. The average Bonchev–Trinajstić information content (AvgIpc) is 3.19. The van der Waals surface area contributed by atoms with E-state index in [1.807, 2.05) is 36.4 Å². The number of hydrogen-bond donors (Lipinski definition) is 0. The second kappa shape index (κ2) is 6.09. The Balaban J connectivity index is 1.69. The van der Waals surface area contributed by atoms with Crippen molar-refractivity contribution in [2.45, 2.75) is 6.54 Å². The maximum atomic E-state index is 13.2. The molecule has 0 saturated heterocycles. The molecule has 1 aliphatic rings. The van der Waals surface area contributed by atoms with Crippen LogP contribution in [0.3, 0.4) is 0 Å². The first kappa shape index (κ1) is 16.3. The molecule has 4 heterocycles. The van der Waals surface area contributed by atoms with E-state index in [0.29, 0.717) is 27.9 Å². The number of carbonyl (C=O) groups is 2. The van der Waals surface area contributed by atoms with Gasteiger partial charge in [-0.1, -0.05) is 30.3 Å². The number of benzene rings is 1. The van der Waals surface area contributed by atoms with Gasteiger partial charge in [-0.05, 0) is 17.7 Å². The van der Waals surface area contributed by atoms with Crippen LogP contribution >= 0.6 is 0 Å². The van der Waals surface area contributed by atoms with Gasteiger partial charge in [0.05, 0.1) is 23.1 Å². The normalized spacial score (nSPS) is 13.4. The molecule has 0 aliphatic carbocycles. The summed E-state index contributed by atoms with van der Waals surface area (Å²) >= 11 is 0. The summed E-state index contributed by atoms with van der Waals surface area (Å²) in [5.74, 6) is -0.659. The first-order valence-electron chi connectivity index (χ1n) is 8.81. The number of fused-ring (bicyclic) bond motifs is 3. The highest BCUT2D eigenvalue weighted by Gasteiger charge is 2.39.